The predicted octanol–water partition coefficient (Wildman–Crippen LogP) is 0.663. The molecule has 1 aromatic rings. The van der Waals surface area contributed by atoms with E-state index in [9.17, 15) is 4.79 Å². The SMILES string of the molecule is N#CCc1cccc[n+]1CC(=O)N1CCCC1. The summed E-state index contributed by atoms with van der Waals surface area (Å²) in [6.45, 7) is 2.09. The van der Waals surface area contributed by atoms with Crippen molar-refractivity contribution in [3.63, 3.8) is 0 Å². The van der Waals surface area contributed by atoms with Gasteiger partial charge in [0, 0.05) is 25.2 Å². The number of carbonyl (C=O) groups excluding carboxylic acids is 1. The lowest BCUT2D eigenvalue weighted by atomic mass is 10.2. The van der Waals surface area contributed by atoms with Crippen molar-refractivity contribution < 1.29 is 9.36 Å². The molecule has 1 aromatic heterocycles. The van der Waals surface area contributed by atoms with Crippen LogP contribution in [-0.2, 0) is 17.8 Å². The summed E-state index contributed by atoms with van der Waals surface area (Å²) in [6.07, 6.45) is 4.42. The molecule has 1 saturated heterocycles. The molecule has 0 N–H and O–H groups in total. The lowest BCUT2D eigenvalue weighted by molar-refractivity contribution is -0.692. The smallest absolute Gasteiger partial charge is 0.288 e. The van der Waals surface area contributed by atoms with E-state index in [2.05, 4.69) is 6.07 Å². The number of rotatable bonds is 3. The van der Waals surface area contributed by atoms with Crippen molar-refractivity contribution in [2.24, 2.45) is 0 Å². The van der Waals surface area contributed by atoms with Crippen LogP contribution in [0.25, 0.3) is 0 Å². The molecule has 2 heterocycles. The molecule has 88 valence electrons. The molecule has 1 aliphatic rings. The van der Waals surface area contributed by atoms with Crippen LogP contribution in [0.5, 0.6) is 0 Å². The first-order valence-corrected chi connectivity index (χ1v) is 5.93. The molecule has 0 atom stereocenters. The molecule has 0 unspecified atom stereocenters. The number of hydrogen-bond acceptors (Lipinski definition) is 2. The minimum Gasteiger partial charge on any atom is -0.337 e. The van der Waals surface area contributed by atoms with Crippen LogP contribution in [0.15, 0.2) is 24.4 Å². The topological polar surface area (TPSA) is 48.0 Å². The van der Waals surface area contributed by atoms with E-state index < -0.39 is 0 Å². The Bertz CT molecular complexity index is 444. The zero-order chi connectivity index (χ0) is 12.1. The van der Waals surface area contributed by atoms with Gasteiger partial charge < -0.3 is 4.90 Å². The molecule has 0 radical (unpaired) electrons. The molecule has 0 spiro atoms. The van der Waals surface area contributed by atoms with E-state index in [4.69, 9.17) is 5.26 Å². The molecule has 17 heavy (non-hydrogen) atoms. The van der Waals surface area contributed by atoms with Gasteiger partial charge in [0.25, 0.3) is 5.91 Å². The van der Waals surface area contributed by atoms with Gasteiger partial charge in [-0.15, -0.1) is 0 Å². The summed E-state index contributed by atoms with van der Waals surface area (Å²) >= 11 is 0. The van der Waals surface area contributed by atoms with E-state index in [1.807, 2.05) is 33.9 Å². The first-order chi connectivity index (χ1) is 8.31. The van der Waals surface area contributed by atoms with Crippen LogP contribution in [0.3, 0.4) is 0 Å². The van der Waals surface area contributed by atoms with Gasteiger partial charge in [0.15, 0.2) is 11.9 Å². The highest BCUT2D eigenvalue weighted by molar-refractivity contribution is 5.74. The number of aromatic nitrogens is 1. The second-order valence-electron chi connectivity index (χ2n) is 4.24. The van der Waals surface area contributed by atoms with Crippen molar-refractivity contribution in [1.82, 2.24) is 4.90 Å². The number of pyridine rings is 1. The van der Waals surface area contributed by atoms with Gasteiger partial charge in [-0.25, -0.2) is 0 Å². The largest absolute Gasteiger partial charge is 0.337 e. The van der Waals surface area contributed by atoms with Gasteiger partial charge in [0.2, 0.25) is 6.54 Å². The summed E-state index contributed by atoms with van der Waals surface area (Å²) in [5.41, 5.74) is 0.891. The molecule has 4 heteroatoms. The number of amides is 1. The number of nitriles is 1. The number of carbonyl (C=O) groups is 1. The van der Waals surface area contributed by atoms with E-state index in [-0.39, 0.29) is 5.91 Å². The van der Waals surface area contributed by atoms with E-state index in [0.717, 1.165) is 31.6 Å². The Morgan fingerprint density at radius 1 is 1.41 bits per heavy atom. The molecular weight excluding hydrogens is 214 g/mol. The van der Waals surface area contributed by atoms with E-state index in [1.165, 1.54) is 0 Å². The molecule has 0 bridgehead atoms. The Kier molecular flexibility index (Phi) is 3.71. The van der Waals surface area contributed by atoms with Gasteiger partial charge in [0.1, 0.15) is 6.42 Å². The van der Waals surface area contributed by atoms with Crippen molar-refractivity contribution in [3.8, 4) is 6.07 Å². The van der Waals surface area contributed by atoms with Gasteiger partial charge in [-0.2, -0.15) is 9.83 Å². The number of hydrogen-bond donors (Lipinski definition) is 0. The van der Waals surface area contributed by atoms with Crippen molar-refractivity contribution in [2.45, 2.75) is 25.8 Å². The predicted molar refractivity (Wildman–Crippen MR) is 61.8 cm³/mol. The van der Waals surface area contributed by atoms with Crippen LogP contribution in [0.4, 0.5) is 0 Å². The Hall–Kier alpha value is -1.89. The van der Waals surface area contributed by atoms with Gasteiger partial charge in [-0.1, -0.05) is 6.07 Å². The zero-order valence-electron chi connectivity index (χ0n) is 9.80. The van der Waals surface area contributed by atoms with Crippen LogP contribution in [-0.4, -0.2) is 23.9 Å². The Morgan fingerprint density at radius 2 is 2.18 bits per heavy atom. The van der Waals surface area contributed by atoms with E-state index >= 15 is 0 Å². The van der Waals surface area contributed by atoms with Crippen molar-refractivity contribution in [3.05, 3.63) is 30.1 Å². The lowest BCUT2D eigenvalue weighted by Gasteiger charge is -2.13. The fourth-order valence-electron chi connectivity index (χ4n) is 2.12. The number of nitrogens with zero attached hydrogens (tertiary/aromatic N) is 3. The Morgan fingerprint density at radius 3 is 2.88 bits per heavy atom. The average Bonchev–Trinajstić information content (AvgIpc) is 2.85. The zero-order valence-corrected chi connectivity index (χ0v) is 9.80. The molecule has 0 saturated carbocycles. The number of likely N-dealkylation sites (tertiary alicyclic amines) is 1. The quantitative estimate of drug-likeness (QED) is 0.716. The summed E-state index contributed by atoms with van der Waals surface area (Å²) in [6, 6.07) is 7.79. The lowest BCUT2D eigenvalue weighted by Crippen LogP contribution is -2.46. The van der Waals surface area contributed by atoms with Crippen LogP contribution in [0.2, 0.25) is 0 Å². The summed E-state index contributed by atoms with van der Waals surface area (Å²) in [7, 11) is 0. The second-order valence-corrected chi connectivity index (χ2v) is 4.24. The second kappa shape index (κ2) is 5.44. The third-order valence-electron chi connectivity index (χ3n) is 3.06. The third kappa shape index (κ3) is 2.82. The van der Waals surface area contributed by atoms with Crippen molar-refractivity contribution >= 4 is 5.91 Å². The maximum absolute atomic E-state index is 12.0. The average molecular weight is 230 g/mol. The molecule has 0 aliphatic carbocycles. The normalized spacial score (nSPS) is 14.6. The summed E-state index contributed by atoms with van der Waals surface area (Å²) in [5, 5.41) is 8.73. The van der Waals surface area contributed by atoms with E-state index in [1.54, 1.807) is 0 Å². The molecular formula is C13H16N3O+. The molecule has 2 rings (SSSR count). The Balaban J connectivity index is 2.07. The first kappa shape index (κ1) is 11.6. The minimum absolute atomic E-state index is 0.151. The van der Waals surface area contributed by atoms with Gasteiger partial charge >= 0.3 is 0 Å². The molecule has 4 nitrogen and oxygen atoms in total. The maximum atomic E-state index is 12.0. The molecule has 0 aromatic carbocycles. The third-order valence-corrected chi connectivity index (χ3v) is 3.06. The standard InChI is InChI=1S/C13H16N3O/c14-7-6-12-5-1-2-10-16(12)11-13(17)15-8-3-4-9-15/h1-2,5,10H,3-4,6,8-9,11H2/q+1. The van der Waals surface area contributed by atoms with Crippen LogP contribution >= 0.6 is 0 Å². The highest BCUT2D eigenvalue weighted by Gasteiger charge is 2.22. The maximum Gasteiger partial charge on any atom is 0.288 e. The summed E-state index contributed by atoms with van der Waals surface area (Å²) in [4.78, 5) is 13.9. The summed E-state index contributed by atoms with van der Waals surface area (Å²) < 4.78 is 1.86. The van der Waals surface area contributed by atoms with Crippen molar-refractivity contribution in [1.29, 1.82) is 5.26 Å². The van der Waals surface area contributed by atoms with Crippen LogP contribution < -0.4 is 4.57 Å². The molecule has 1 amide bonds. The highest BCUT2D eigenvalue weighted by Crippen LogP contribution is 2.07. The first-order valence-electron chi connectivity index (χ1n) is 5.93. The highest BCUT2D eigenvalue weighted by atomic mass is 16.2. The van der Waals surface area contributed by atoms with Crippen LogP contribution in [0, 0.1) is 11.3 Å². The molecule has 1 aliphatic heterocycles. The Labute approximate surface area is 101 Å². The fourth-order valence-corrected chi connectivity index (χ4v) is 2.12. The fraction of sp³-hybridized carbons (Fsp3) is 0.462. The van der Waals surface area contributed by atoms with Crippen molar-refractivity contribution in [2.75, 3.05) is 13.1 Å². The van der Waals surface area contributed by atoms with Gasteiger partial charge in [-0.05, 0) is 12.8 Å². The van der Waals surface area contributed by atoms with Crippen LogP contribution in [0.1, 0.15) is 18.5 Å². The van der Waals surface area contributed by atoms with Gasteiger partial charge in [0.05, 0.1) is 6.07 Å². The molecule has 1 fully saturated rings. The van der Waals surface area contributed by atoms with Gasteiger partial charge in [-0.3, -0.25) is 4.79 Å². The summed E-state index contributed by atoms with van der Waals surface area (Å²) in [5.74, 6) is 0.151. The minimum atomic E-state index is 0.151. The van der Waals surface area contributed by atoms with E-state index in [0.29, 0.717) is 13.0 Å². The monoisotopic (exact) mass is 230 g/mol.